The Hall–Kier alpha value is -1.76. The highest BCUT2D eigenvalue weighted by molar-refractivity contribution is 7.17. The number of hydrogen-bond donors (Lipinski definition) is 1. The Morgan fingerprint density at radius 3 is 2.82 bits per heavy atom. The summed E-state index contributed by atoms with van der Waals surface area (Å²) in [5, 5.41) is 18.8. The fraction of sp³-hybridized carbons (Fsp3) is 0.455. The first-order valence-corrected chi connectivity index (χ1v) is 6.08. The van der Waals surface area contributed by atoms with E-state index in [4.69, 9.17) is 21.0 Å². The van der Waals surface area contributed by atoms with Gasteiger partial charge in [-0.3, -0.25) is 0 Å². The number of nitrogen functional groups attached to an aromatic ring is 1. The Morgan fingerprint density at radius 2 is 2.24 bits per heavy atom. The molecule has 6 heteroatoms. The van der Waals surface area contributed by atoms with Crippen molar-refractivity contribution in [3.8, 4) is 12.1 Å². The molecular formula is C11H12N4OS. The minimum absolute atomic E-state index is 0.129. The highest BCUT2D eigenvalue weighted by Gasteiger charge is 2.24. The van der Waals surface area contributed by atoms with Crippen molar-refractivity contribution < 1.29 is 4.74 Å². The van der Waals surface area contributed by atoms with Crippen molar-refractivity contribution in [2.24, 2.45) is 0 Å². The van der Waals surface area contributed by atoms with Crippen LogP contribution in [0.15, 0.2) is 0 Å². The summed E-state index contributed by atoms with van der Waals surface area (Å²) in [5.41, 5.74) is 6.49. The van der Waals surface area contributed by atoms with Crippen LogP contribution in [-0.4, -0.2) is 25.8 Å². The number of nitrogens with zero attached hydrogens (tertiary/aromatic N) is 3. The molecule has 0 aromatic carbocycles. The smallest absolute Gasteiger partial charge is 0.131 e. The molecule has 1 atom stereocenters. The molecule has 1 aromatic rings. The van der Waals surface area contributed by atoms with Crippen molar-refractivity contribution in [1.82, 2.24) is 0 Å². The van der Waals surface area contributed by atoms with Crippen molar-refractivity contribution in [2.75, 3.05) is 30.3 Å². The van der Waals surface area contributed by atoms with E-state index < -0.39 is 0 Å². The fourth-order valence-electron chi connectivity index (χ4n) is 1.85. The standard InChI is InChI=1S/C11H12N4OS/c1-7-6-15(2-3-16-7)11-8(4-12)10(14)9(5-13)17-11/h7H,2-3,6,14H2,1H3. The largest absolute Gasteiger partial charge is 0.396 e. The summed E-state index contributed by atoms with van der Waals surface area (Å²) in [5.74, 6) is 0. The van der Waals surface area contributed by atoms with E-state index in [9.17, 15) is 0 Å². The molecule has 0 amide bonds. The first kappa shape index (κ1) is 11.7. The number of thiophene rings is 1. The molecule has 0 saturated carbocycles. The van der Waals surface area contributed by atoms with Crippen molar-refractivity contribution in [2.45, 2.75) is 13.0 Å². The molecule has 88 valence electrons. The van der Waals surface area contributed by atoms with Gasteiger partial charge in [-0.25, -0.2) is 0 Å². The maximum Gasteiger partial charge on any atom is 0.131 e. The molecule has 2 rings (SSSR count). The quantitative estimate of drug-likeness (QED) is 0.809. The summed E-state index contributed by atoms with van der Waals surface area (Å²) in [6.07, 6.45) is 0.129. The Morgan fingerprint density at radius 1 is 1.47 bits per heavy atom. The number of ether oxygens (including phenoxy) is 1. The molecule has 1 aliphatic rings. The number of rotatable bonds is 1. The molecule has 0 aliphatic carbocycles. The number of morpholine rings is 1. The van der Waals surface area contributed by atoms with Crippen LogP contribution in [0.1, 0.15) is 17.4 Å². The lowest BCUT2D eigenvalue weighted by Crippen LogP contribution is -2.41. The van der Waals surface area contributed by atoms with Gasteiger partial charge in [0.25, 0.3) is 0 Å². The number of hydrogen-bond acceptors (Lipinski definition) is 6. The molecule has 1 fully saturated rings. The van der Waals surface area contributed by atoms with Crippen molar-refractivity contribution >= 4 is 22.0 Å². The van der Waals surface area contributed by atoms with Gasteiger partial charge in [0.1, 0.15) is 27.6 Å². The lowest BCUT2D eigenvalue weighted by molar-refractivity contribution is 0.0534. The second-order valence-electron chi connectivity index (χ2n) is 3.88. The molecule has 1 unspecified atom stereocenters. The van der Waals surface area contributed by atoms with E-state index in [-0.39, 0.29) is 6.10 Å². The summed E-state index contributed by atoms with van der Waals surface area (Å²) >= 11 is 1.28. The van der Waals surface area contributed by atoms with Gasteiger partial charge in [0.15, 0.2) is 0 Å². The molecule has 1 aliphatic heterocycles. The summed E-state index contributed by atoms with van der Waals surface area (Å²) in [6.45, 7) is 4.06. The SMILES string of the molecule is CC1CN(c2sc(C#N)c(N)c2C#N)CCO1. The summed E-state index contributed by atoms with van der Waals surface area (Å²) < 4.78 is 5.45. The highest BCUT2D eigenvalue weighted by Crippen LogP contribution is 2.37. The van der Waals surface area contributed by atoms with Crippen LogP contribution in [0.2, 0.25) is 0 Å². The normalized spacial score (nSPS) is 19.7. The van der Waals surface area contributed by atoms with Crippen LogP contribution in [0.3, 0.4) is 0 Å². The number of anilines is 2. The first-order chi connectivity index (χ1) is 8.17. The van der Waals surface area contributed by atoms with Gasteiger partial charge in [0, 0.05) is 13.1 Å². The van der Waals surface area contributed by atoms with Crippen LogP contribution >= 0.6 is 11.3 Å². The van der Waals surface area contributed by atoms with Gasteiger partial charge in [-0.1, -0.05) is 0 Å². The molecule has 1 aromatic heterocycles. The molecular weight excluding hydrogens is 236 g/mol. The van der Waals surface area contributed by atoms with Gasteiger partial charge >= 0.3 is 0 Å². The molecule has 2 heterocycles. The Balaban J connectivity index is 2.39. The Bertz CT molecular complexity index is 511. The number of nitrogens with two attached hydrogens (primary N) is 1. The second-order valence-corrected chi connectivity index (χ2v) is 4.88. The zero-order valence-electron chi connectivity index (χ0n) is 9.43. The zero-order valence-corrected chi connectivity index (χ0v) is 10.3. The molecule has 0 spiro atoms. The average molecular weight is 248 g/mol. The highest BCUT2D eigenvalue weighted by atomic mass is 32.1. The number of nitriles is 2. The zero-order chi connectivity index (χ0) is 12.4. The van der Waals surface area contributed by atoms with E-state index >= 15 is 0 Å². The molecule has 2 N–H and O–H groups in total. The lowest BCUT2D eigenvalue weighted by atomic mass is 10.2. The fourth-order valence-corrected chi connectivity index (χ4v) is 2.85. The van der Waals surface area contributed by atoms with Gasteiger partial charge in [-0.2, -0.15) is 10.5 Å². The maximum atomic E-state index is 9.11. The first-order valence-electron chi connectivity index (χ1n) is 5.26. The minimum Gasteiger partial charge on any atom is -0.396 e. The maximum absolute atomic E-state index is 9.11. The molecule has 1 saturated heterocycles. The van der Waals surface area contributed by atoms with Crippen LogP contribution in [0.5, 0.6) is 0 Å². The average Bonchev–Trinajstić information content (AvgIpc) is 2.65. The molecule has 17 heavy (non-hydrogen) atoms. The van der Waals surface area contributed by atoms with Crippen LogP contribution < -0.4 is 10.6 Å². The molecule has 0 radical (unpaired) electrons. The molecule has 0 bridgehead atoms. The predicted octanol–water partition coefficient (Wildman–Crippen LogP) is 1.30. The van der Waals surface area contributed by atoms with Gasteiger partial charge in [0.2, 0.25) is 0 Å². The van der Waals surface area contributed by atoms with E-state index in [0.29, 0.717) is 22.7 Å². The lowest BCUT2D eigenvalue weighted by Gasteiger charge is -2.31. The Labute approximate surface area is 104 Å². The van der Waals surface area contributed by atoms with Gasteiger partial charge < -0.3 is 15.4 Å². The van der Waals surface area contributed by atoms with E-state index in [2.05, 4.69) is 11.0 Å². The van der Waals surface area contributed by atoms with Gasteiger partial charge in [-0.05, 0) is 6.92 Å². The van der Waals surface area contributed by atoms with Crippen LogP contribution in [0, 0.1) is 22.7 Å². The predicted molar refractivity (Wildman–Crippen MR) is 65.8 cm³/mol. The van der Waals surface area contributed by atoms with E-state index in [1.54, 1.807) is 0 Å². The van der Waals surface area contributed by atoms with Crippen molar-refractivity contribution in [1.29, 1.82) is 10.5 Å². The summed E-state index contributed by atoms with van der Waals surface area (Å²) in [7, 11) is 0. The third-order valence-electron chi connectivity index (χ3n) is 2.67. The monoisotopic (exact) mass is 248 g/mol. The van der Waals surface area contributed by atoms with Gasteiger partial charge in [0.05, 0.1) is 18.4 Å². The topological polar surface area (TPSA) is 86.1 Å². The third-order valence-corrected chi connectivity index (χ3v) is 3.84. The van der Waals surface area contributed by atoms with Crippen LogP contribution in [0.25, 0.3) is 0 Å². The third kappa shape index (κ3) is 2.05. The van der Waals surface area contributed by atoms with Crippen molar-refractivity contribution in [3.63, 3.8) is 0 Å². The van der Waals surface area contributed by atoms with E-state index in [1.165, 1.54) is 11.3 Å². The molecule has 5 nitrogen and oxygen atoms in total. The van der Waals surface area contributed by atoms with Gasteiger partial charge in [-0.15, -0.1) is 11.3 Å². The summed E-state index contributed by atoms with van der Waals surface area (Å²) in [6, 6.07) is 4.11. The van der Waals surface area contributed by atoms with E-state index in [0.717, 1.165) is 18.1 Å². The van der Waals surface area contributed by atoms with Crippen molar-refractivity contribution in [3.05, 3.63) is 10.4 Å². The second kappa shape index (κ2) is 4.62. The van der Waals surface area contributed by atoms with Crippen LogP contribution in [-0.2, 0) is 4.74 Å². The Kier molecular flexibility index (Phi) is 3.19. The summed E-state index contributed by atoms with van der Waals surface area (Å²) in [4.78, 5) is 2.48. The minimum atomic E-state index is 0.129. The van der Waals surface area contributed by atoms with E-state index in [1.807, 2.05) is 13.0 Å². The van der Waals surface area contributed by atoms with Crippen LogP contribution in [0.4, 0.5) is 10.7 Å².